The molecule has 0 bridgehead atoms. The number of nitrogens with zero attached hydrogens (tertiary/aromatic N) is 6. The second kappa shape index (κ2) is 6.93. The minimum absolute atomic E-state index is 0.115. The molecule has 9 nitrogen and oxygen atoms in total. The van der Waals surface area contributed by atoms with Crippen molar-refractivity contribution < 1.29 is 8.42 Å². The number of tetrazole rings is 1. The average Bonchev–Trinajstić information content (AvgIpc) is 3.10. The number of halogens is 1. The Hall–Kier alpha value is -1.65. The van der Waals surface area contributed by atoms with E-state index in [9.17, 15) is 8.42 Å². The third-order valence-electron chi connectivity index (χ3n) is 4.51. The molecule has 3 heterocycles. The first kappa shape index (κ1) is 18.2. The van der Waals surface area contributed by atoms with E-state index in [0.29, 0.717) is 18.2 Å². The summed E-state index contributed by atoms with van der Waals surface area (Å²) >= 11 is 6.22. The second-order valence-electron chi connectivity index (χ2n) is 6.26. The summed E-state index contributed by atoms with van der Waals surface area (Å²) in [5.74, 6) is 0. The molecule has 138 valence electrons. The van der Waals surface area contributed by atoms with E-state index in [-0.39, 0.29) is 6.17 Å². The summed E-state index contributed by atoms with van der Waals surface area (Å²) < 4.78 is 26.5. The maximum Gasteiger partial charge on any atom is 0.208 e. The van der Waals surface area contributed by atoms with E-state index in [1.807, 2.05) is 20.0 Å². The largest absolute Gasteiger partial charge is 0.351 e. The van der Waals surface area contributed by atoms with Crippen LogP contribution < -0.4 is 14.5 Å². The van der Waals surface area contributed by atoms with E-state index < -0.39 is 10.0 Å². The number of hydrogen-bond acceptors (Lipinski definition) is 7. The Labute approximate surface area is 152 Å². The van der Waals surface area contributed by atoms with E-state index in [1.165, 1.54) is 6.26 Å². The number of hydrogen-bond donors (Lipinski definition) is 1. The number of alkyl halides is 1. The van der Waals surface area contributed by atoms with Gasteiger partial charge >= 0.3 is 0 Å². The van der Waals surface area contributed by atoms with Crippen molar-refractivity contribution in [1.82, 2.24) is 24.8 Å². The highest BCUT2D eigenvalue weighted by molar-refractivity contribution is 7.88. The van der Waals surface area contributed by atoms with Crippen LogP contribution in [0.5, 0.6) is 0 Å². The molecule has 0 amide bonds. The lowest BCUT2D eigenvalue weighted by atomic mass is 10.2. The minimum Gasteiger partial charge on any atom is -0.351 e. The molecule has 2 aromatic rings. The fraction of sp³-hybridized carbons (Fsp3) is 0.643. The van der Waals surface area contributed by atoms with E-state index >= 15 is 0 Å². The average molecular weight is 388 g/mol. The highest BCUT2D eigenvalue weighted by Gasteiger charge is 2.35. The molecule has 1 aliphatic heterocycles. The van der Waals surface area contributed by atoms with Gasteiger partial charge in [-0.25, -0.2) is 13.1 Å². The van der Waals surface area contributed by atoms with Crippen molar-refractivity contribution in [2.45, 2.75) is 32.4 Å². The van der Waals surface area contributed by atoms with Crippen molar-refractivity contribution in [3.63, 3.8) is 0 Å². The Morgan fingerprint density at radius 3 is 2.80 bits per heavy atom. The number of pyridine rings is 1. The van der Waals surface area contributed by atoms with Gasteiger partial charge in [-0.2, -0.15) is 4.52 Å². The lowest BCUT2D eigenvalue weighted by molar-refractivity contribution is 0.540. The summed E-state index contributed by atoms with van der Waals surface area (Å²) in [4.78, 5) is 4.32. The van der Waals surface area contributed by atoms with Gasteiger partial charge in [-0.3, -0.25) is 0 Å². The number of nitrogens with one attached hydrogen (secondary N) is 1. The Morgan fingerprint density at radius 1 is 1.36 bits per heavy atom. The van der Waals surface area contributed by atoms with Gasteiger partial charge in [-0.1, -0.05) is 0 Å². The highest BCUT2D eigenvalue weighted by Crippen LogP contribution is 2.42. The van der Waals surface area contributed by atoms with E-state index in [2.05, 4.69) is 30.0 Å². The number of aromatic nitrogens is 4. The van der Waals surface area contributed by atoms with Gasteiger partial charge < -0.3 is 9.80 Å². The van der Waals surface area contributed by atoms with Crippen molar-refractivity contribution in [3.8, 4) is 0 Å². The van der Waals surface area contributed by atoms with Crippen molar-refractivity contribution in [2.24, 2.45) is 0 Å². The fourth-order valence-corrected chi connectivity index (χ4v) is 4.18. The van der Waals surface area contributed by atoms with Gasteiger partial charge in [0.2, 0.25) is 10.0 Å². The predicted octanol–water partition coefficient (Wildman–Crippen LogP) is 0.931. The first-order valence-electron chi connectivity index (χ1n) is 8.05. The molecule has 1 atom stereocenters. The molecule has 1 N–H and O–H groups in total. The Balaban J connectivity index is 1.74. The van der Waals surface area contributed by atoms with Crippen LogP contribution in [0.4, 0.5) is 11.4 Å². The zero-order valence-corrected chi connectivity index (χ0v) is 16.0. The lowest BCUT2D eigenvalue weighted by Crippen LogP contribution is -2.40. The summed E-state index contributed by atoms with van der Waals surface area (Å²) in [6.45, 7) is 2.44. The van der Waals surface area contributed by atoms with E-state index in [4.69, 9.17) is 11.6 Å². The van der Waals surface area contributed by atoms with Crippen molar-refractivity contribution in [2.75, 3.05) is 35.7 Å². The predicted molar refractivity (Wildman–Crippen MR) is 97.6 cm³/mol. The Bertz CT molecular complexity index is 869. The van der Waals surface area contributed by atoms with Crippen LogP contribution in [-0.4, -0.2) is 60.5 Å². The van der Waals surface area contributed by atoms with Crippen LogP contribution in [0, 0.1) is 6.92 Å². The first-order chi connectivity index (χ1) is 11.8. The number of fused-ring (bicyclic) bond motifs is 2. The van der Waals surface area contributed by atoms with Crippen LogP contribution in [0.1, 0.15) is 25.0 Å². The molecule has 3 rings (SSSR count). The smallest absolute Gasteiger partial charge is 0.208 e. The number of unbranched alkanes of at least 4 members (excludes halogenated alkanes) is 1. The van der Waals surface area contributed by atoms with Crippen molar-refractivity contribution in [3.05, 3.63) is 11.8 Å². The number of aryl methyl sites for hydroxylation is 1. The van der Waals surface area contributed by atoms with Crippen molar-refractivity contribution >= 4 is 38.6 Å². The van der Waals surface area contributed by atoms with E-state index in [1.54, 1.807) is 4.52 Å². The van der Waals surface area contributed by atoms with Crippen LogP contribution in [0.2, 0.25) is 0 Å². The second-order valence-corrected chi connectivity index (χ2v) is 8.33. The minimum atomic E-state index is -3.13. The molecule has 0 fully saturated rings. The first-order valence-corrected chi connectivity index (χ1v) is 10.5. The molecule has 0 spiro atoms. The molecule has 0 saturated heterocycles. The molecular weight excluding hydrogens is 366 g/mol. The van der Waals surface area contributed by atoms with Crippen LogP contribution in [-0.2, 0) is 10.0 Å². The van der Waals surface area contributed by atoms with Gasteiger partial charge in [0.1, 0.15) is 6.17 Å². The standard InChI is InChI=1S/C14H22ClN7O2S/c1-10-14-11(8-12-17-18-19-22(10)12)21(9-15)13(20(14)2)6-4-5-7-16-25(3,23)24/h8,13,16H,4-7,9H2,1-3H3. The van der Waals surface area contributed by atoms with Gasteiger partial charge in [0.15, 0.2) is 5.65 Å². The summed E-state index contributed by atoms with van der Waals surface area (Å²) in [7, 11) is -1.09. The van der Waals surface area contributed by atoms with Crippen LogP contribution >= 0.6 is 11.6 Å². The SMILES string of the molecule is Cc1c2c(cc3nnnn13)N(CCl)C(CCCCNS(C)(=O)=O)N2C. The monoisotopic (exact) mass is 387 g/mol. The quantitative estimate of drug-likeness (QED) is 0.429. The highest BCUT2D eigenvalue weighted by atomic mass is 35.5. The number of rotatable bonds is 7. The van der Waals surface area contributed by atoms with Gasteiger partial charge in [-0.15, -0.1) is 16.7 Å². The third kappa shape index (κ3) is 3.51. The zero-order chi connectivity index (χ0) is 18.2. The number of anilines is 2. The maximum absolute atomic E-state index is 11.1. The number of sulfonamides is 1. The summed E-state index contributed by atoms with van der Waals surface area (Å²) in [5.41, 5.74) is 3.76. The maximum atomic E-state index is 11.1. The van der Waals surface area contributed by atoms with Gasteiger partial charge in [0, 0.05) is 19.7 Å². The van der Waals surface area contributed by atoms with Gasteiger partial charge in [-0.05, 0) is 36.6 Å². The molecule has 0 aliphatic carbocycles. The molecule has 0 aromatic carbocycles. The normalized spacial score (nSPS) is 17.5. The van der Waals surface area contributed by atoms with E-state index in [0.717, 1.165) is 36.3 Å². The molecule has 11 heteroatoms. The van der Waals surface area contributed by atoms with Crippen LogP contribution in [0.3, 0.4) is 0 Å². The lowest BCUT2D eigenvalue weighted by Gasteiger charge is -2.29. The summed E-state index contributed by atoms with van der Waals surface area (Å²) in [6.07, 6.45) is 3.82. The zero-order valence-electron chi connectivity index (χ0n) is 14.5. The Morgan fingerprint density at radius 2 is 2.12 bits per heavy atom. The van der Waals surface area contributed by atoms with Crippen LogP contribution in [0.15, 0.2) is 6.07 Å². The summed E-state index contributed by atoms with van der Waals surface area (Å²) in [6, 6.07) is 2.31. The third-order valence-corrected chi connectivity index (χ3v) is 5.50. The molecule has 2 aromatic heterocycles. The molecule has 0 saturated carbocycles. The van der Waals surface area contributed by atoms with Crippen LogP contribution in [0.25, 0.3) is 5.65 Å². The van der Waals surface area contributed by atoms with Gasteiger partial charge in [0.25, 0.3) is 0 Å². The molecular formula is C14H22ClN7O2S. The molecule has 0 radical (unpaired) electrons. The molecule has 25 heavy (non-hydrogen) atoms. The summed E-state index contributed by atoms with van der Waals surface area (Å²) in [5, 5.41) is 11.8. The topological polar surface area (TPSA) is 95.7 Å². The van der Waals surface area contributed by atoms with Crippen molar-refractivity contribution in [1.29, 1.82) is 0 Å². The molecule has 1 unspecified atom stereocenters. The Kier molecular flexibility index (Phi) is 5.03. The molecule has 1 aliphatic rings. The fourth-order valence-electron chi connectivity index (χ4n) is 3.38. The van der Waals surface area contributed by atoms with Gasteiger partial charge in [0.05, 0.1) is 29.3 Å².